The molecule has 0 amide bonds. The van der Waals surface area contributed by atoms with Gasteiger partial charge in [-0.25, -0.2) is 0 Å². The summed E-state index contributed by atoms with van der Waals surface area (Å²) >= 11 is 0. The second-order valence-electron chi connectivity index (χ2n) is 3.16. The molecule has 0 aliphatic rings. The summed E-state index contributed by atoms with van der Waals surface area (Å²) in [4.78, 5) is 12.0. The maximum atomic E-state index is 9.69. The van der Waals surface area contributed by atoms with Crippen LogP contribution in [0.1, 0.15) is 17.6 Å². The van der Waals surface area contributed by atoms with Crippen LogP contribution in [0.25, 0.3) is 0 Å². The van der Waals surface area contributed by atoms with Crippen molar-refractivity contribution >= 4 is 6.21 Å². The summed E-state index contributed by atoms with van der Waals surface area (Å²) in [7, 11) is 0. The van der Waals surface area contributed by atoms with E-state index in [0.717, 1.165) is 0 Å². The lowest BCUT2D eigenvalue weighted by Crippen LogP contribution is -1.97. The lowest BCUT2D eigenvalue weighted by atomic mass is 10.3. The third kappa shape index (κ3) is 2.71. The SMILES string of the molecule is OC(/N=C/c1ccccn1)c1ccccn1. The molecule has 4 nitrogen and oxygen atoms in total. The minimum atomic E-state index is -0.941. The van der Waals surface area contributed by atoms with Crippen molar-refractivity contribution in [3.8, 4) is 0 Å². The highest BCUT2D eigenvalue weighted by molar-refractivity contribution is 5.76. The fourth-order valence-electron chi connectivity index (χ4n) is 1.20. The van der Waals surface area contributed by atoms with Gasteiger partial charge >= 0.3 is 0 Å². The van der Waals surface area contributed by atoms with Gasteiger partial charge in [-0.05, 0) is 24.3 Å². The van der Waals surface area contributed by atoms with E-state index in [1.54, 1.807) is 24.5 Å². The molecule has 1 unspecified atom stereocenters. The molecule has 0 radical (unpaired) electrons. The van der Waals surface area contributed by atoms with Crippen LogP contribution in [-0.2, 0) is 0 Å². The number of pyridine rings is 2. The Morgan fingerprint density at radius 1 is 1.06 bits per heavy atom. The zero-order valence-corrected chi connectivity index (χ0v) is 8.56. The standard InChI is InChI=1S/C12H11N3O/c16-12(11-6-2-4-8-14-11)15-9-10-5-1-3-7-13-10/h1-9,12,16H/b15-9+. The molecule has 0 aliphatic carbocycles. The highest BCUT2D eigenvalue weighted by atomic mass is 16.3. The van der Waals surface area contributed by atoms with Gasteiger partial charge in [0.15, 0.2) is 6.23 Å². The van der Waals surface area contributed by atoms with Crippen molar-refractivity contribution in [2.75, 3.05) is 0 Å². The van der Waals surface area contributed by atoms with Gasteiger partial charge in [-0.1, -0.05) is 12.1 Å². The number of hydrogen-bond donors (Lipinski definition) is 1. The van der Waals surface area contributed by atoms with Gasteiger partial charge in [-0.2, -0.15) is 0 Å². The van der Waals surface area contributed by atoms with Crippen LogP contribution in [0.5, 0.6) is 0 Å². The summed E-state index contributed by atoms with van der Waals surface area (Å²) in [6, 6.07) is 10.8. The Kier molecular flexibility index (Phi) is 3.35. The van der Waals surface area contributed by atoms with E-state index in [9.17, 15) is 5.11 Å². The Labute approximate surface area is 93.3 Å². The van der Waals surface area contributed by atoms with Crippen LogP contribution in [-0.4, -0.2) is 21.3 Å². The number of hydrogen-bond acceptors (Lipinski definition) is 4. The first-order valence-electron chi connectivity index (χ1n) is 4.89. The number of rotatable bonds is 3. The van der Waals surface area contributed by atoms with E-state index in [0.29, 0.717) is 11.4 Å². The van der Waals surface area contributed by atoms with E-state index in [1.807, 2.05) is 24.3 Å². The molecule has 4 heteroatoms. The van der Waals surface area contributed by atoms with E-state index >= 15 is 0 Å². The maximum Gasteiger partial charge on any atom is 0.188 e. The molecule has 0 fully saturated rings. The van der Waals surface area contributed by atoms with Gasteiger partial charge in [0, 0.05) is 12.4 Å². The summed E-state index contributed by atoms with van der Waals surface area (Å²) < 4.78 is 0. The van der Waals surface area contributed by atoms with Crippen molar-refractivity contribution in [3.63, 3.8) is 0 Å². The molecule has 16 heavy (non-hydrogen) atoms. The van der Waals surface area contributed by atoms with Crippen LogP contribution < -0.4 is 0 Å². The molecule has 0 saturated carbocycles. The average molecular weight is 213 g/mol. The van der Waals surface area contributed by atoms with Gasteiger partial charge in [0.25, 0.3) is 0 Å². The normalized spacial score (nSPS) is 12.8. The van der Waals surface area contributed by atoms with E-state index in [2.05, 4.69) is 15.0 Å². The third-order valence-corrected chi connectivity index (χ3v) is 1.99. The third-order valence-electron chi connectivity index (χ3n) is 1.99. The van der Waals surface area contributed by atoms with Crippen LogP contribution in [0.2, 0.25) is 0 Å². The second-order valence-corrected chi connectivity index (χ2v) is 3.16. The van der Waals surface area contributed by atoms with Gasteiger partial charge in [0.2, 0.25) is 0 Å². The molecule has 2 aromatic rings. The van der Waals surface area contributed by atoms with E-state index < -0.39 is 6.23 Å². The first kappa shape index (κ1) is 10.4. The van der Waals surface area contributed by atoms with Gasteiger partial charge in [0.05, 0.1) is 17.6 Å². The lowest BCUT2D eigenvalue weighted by molar-refractivity contribution is 0.184. The number of aliphatic imine (C=N–C) groups is 1. The molecule has 0 aromatic carbocycles. The summed E-state index contributed by atoms with van der Waals surface area (Å²) in [6.45, 7) is 0. The Morgan fingerprint density at radius 2 is 1.81 bits per heavy atom. The highest BCUT2D eigenvalue weighted by Crippen LogP contribution is 2.09. The summed E-state index contributed by atoms with van der Waals surface area (Å²) in [6.07, 6.45) is 3.88. The number of aliphatic hydroxyl groups is 1. The van der Waals surface area contributed by atoms with E-state index in [4.69, 9.17) is 0 Å². The van der Waals surface area contributed by atoms with Gasteiger partial charge in [-0.3, -0.25) is 15.0 Å². The molecular formula is C12H11N3O. The Balaban J connectivity index is 2.08. The highest BCUT2D eigenvalue weighted by Gasteiger charge is 2.03. The monoisotopic (exact) mass is 213 g/mol. The van der Waals surface area contributed by atoms with Crippen molar-refractivity contribution in [1.82, 2.24) is 9.97 Å². The van der Waals surface area contributed by atoms with Crippen molar-refractivity contribution < 1.29 is 5.11 Å². The van der Waals surface area contributed by atoms with Crippen LogP contribution >= 0.6 is 0 Å². The van der Waals surface area contributed by atoms with Crippen LogP contribution in [0.15, 0.2) is 53.8 Å². The zero-order chi connectivity index (χ0) is 11.2. The topological polar surface area (TPSA) is 58.4 Å². The molecule has 2 aromatic heterocycles. The van der Waals surface area contributed by atoms with Crippen molar-refractivity contribution in [1.29, 1.82) is 0 Å². The summed E-state index contributed by atoms with van der Waals surface area (Å²) in [5.41, 5.74) is 1.23. The molecule has 80 valence electrons. The average Bonchev–Trinajstić information content (AvgIpc) is 2.38. The van der Waals surface area contributed by atoms with Gasteiger partial charge < -0.3 is 5.11 Å². The molecule has 0 bridgehead atoms. The Hall–Kier alpha value is -2.07. The number of nitrogens with zero attached hydrogens (tertiary/aromatic N) is 3. The molecule has 0 saturated heterocycles. The fraction of sp³-hybridized carbons (Fsp3) is 0.0833. The molecule has 1 atom stereocenters. The quantitative estimate of drug-likeness (QED) is 0.787. The Morgan fingerprint density at radius 3 is 2.44 bits per heavy atom. The zero-order valence-electron chi connectivity index (χ0n) is 8.56. The van der Waals surface area contributed by atoms with E-state index in [-0.39, 0.29) is 0 Å². The van der Waals surface area contributed by atoms with Gasteiger partial charge in [-0.15, -0.1) is 0 Å². The first-order chi connectivity index (χ1) is 7.86. The first-order valence-corrected chi connectivity index (χ1v) is 4.89. The largest absolute Gasteiger partial charge is 0.367 e. The molecule has 0 spiro atoms. The smallest absolute Gasteiger partial charge is 0.188 e. The number of aliphatic hydroxyl groups excluding tert-OH is 1. The van der Waals surface area contributed by atoms with Crippen molar-refractivity contribution in [3.05, 3.63) is 60.2 Å². The Bertz CT molecular complexity index is 456. The summed E-state index contributed by atoms with van der Waals surface area (Å²) in [5, 5.41) is 9.69. The fourth-order valence-corrected chi connectivity index (χ4v) is 1.20. The second kappa shape index (κ2) is 5.14. The molecule has 2 heterocycles. The van der Waals surface area contributed by atoms with Crippen molar-refractivity contribution in [2.24, 2.45) is 4.99 Å². The van der Waals surface area contributed by atoms with Crippen molar-refractivity contribution in [2.45, 2.75) is 6.23 Å². The van der Waals surface area contributed by atoms with Crippen LogP contribution in [0, 0.1) is 0 Å². The van der Waals surface area contributed by atoms with Gasteiger partial charge in [0.1, 0.15) is 0 Å². The predicted molar refractivity (Wildman–Crippen MR) is 61.0 cm³/mol. The predicted octanol–water partition coefficient (Wildman–Crippen LogP) is 1.59. The van der Waals surface area contributed by atoms with E-state index in [1.165, 1.54) is 6.21 Å². The lowest BCUT2D eigenvalue weighted by Gasteiger charge is -2.02. The van der Waals surface area contributed by atoms with Crippen LogP contribution in [0.4, 0.5) is 0 Å². The van der Waals surface area contributed by atoms with Crippen LogP contribution in [0.3, 0.4) is 0 Å². The minimum absolute atomic E-state index is 0.523. The maximum absolute atomic E-state index is 9.69. The molecule has 2 rings (SSSR count). The number of aromatic nitrogens is 2. The summed E-state index contributed by atoms with van der Waals surface area (Å²) in [5.74, 6) is 0. The minimum Gasteiger partial charge on any atom is -0.367 e. The molecule has 0 aliphatic heterocycles. The molecular weight excluding hydrogens is 202 g/mol. The molecule has 1 N–H and O–H groups in total.